The van der Waals surface area contributed by atoms with Crippen LogP contribution in [0.4, 0.5) is 0 Å². The molecule has 7 nitrogen and oxygen atoms in total. The number of rotatable bonds is 7. The third-order valence-electron chi connectivity index (χ3n) is 4.78. The summed E-state index contributed by atoms with van der Waals surface area (Å²) >= 11 is 1.39. The molecule has 1 aromatic heterocycles. The number of amides is 1. The molecule has 0 unspecified atom stereocenters. The number of ether oxygens (including phenoxy) is 1. The van der Waals surface area contributed by atoms with Crippen molar-refractivity contribution in [1.82, 2.24) is 19.7 Å². The van der Waals surface area contributed by atoms with Gasteiger partial charge in [-0.15, -0.1) is 10.2 Å². The van der Waals surface area contributed by atoms with E-state index >= 15 is 0 Å². The van der Waals surface area contributed by atoms with Crippen LogP contribution >= 0.6 is 11.8 Å². The van der Waals surface area contributed by atoms with E-state index in [9.17, 15) is 9.59 Å². The van der Waals surface area contributed by atoms with Crippen molar-refractivity contribution >= 4 is 23.6 Å². The number of likely N-dealkylation sites (tertiary alicyclic amines) is 1. The van der Waals surface area contributed by atoms with Gasteiger partial charge in [-0.1, -0.05) is 42.1 Å². The average molecular weight is 403 g/mol. The van der Waals surface area contributed by atoms with E-state index in [4.69, 9.17) is 4.74 Å². The molecule has 0 radical (unpaired) electrons. The third kappa shape index (κ3) is 4.73. The number of carbonyl (C=O) groups excluding carboxylic acids is 2. The van der Waals surface area contributed by atoms with E-state index in [-0.39, 0.29) is 23.5 Å². The van der Waals surface area contributed by atoms with Crippen LogP contribution in [0.3, 0.4) is 0 Å². The van der Waals surface area contributed by atoms with Gasteiger partial charge < -0.3 is 14.2 Å². The first-order valence-electron chi connectivity index (χ1n) is 9.69. The van der Waals surface area contributed by atoms with Crippen molar-refractivity contribution in [2.45, 2.75) is 38.4 Å². The molecule has 0 spiro atoms. The minimum Gasteiger partial charge on any atom is -0.466 e. The maximum atomic E-state index is 12.7. The van der Waals surface area contributed by atoms with Crippen molar-refractivity contribution in [2.24, 2.45) is 5.92 Å². The summed E-state index contributed by atoms with van der Waals surface area (Å²) in [5, 5.41) is 9.32. The normalized spacial score (nSPS) is 16.8. The van der Waals surface area contributed by atoms with Crippen molar-refractivity contribution in [2.75, 3.05) is 25.4 Å². The van der Waals surface area contributed by atoms with Crippen LogP contribution in [0.1, 0.15) is 26.7 Å². The summed E-state index contributed by atoms with van der Waals surface area (Å²) in [6.45, 7) is 6.06. The van der Waals surface area contributed by atoms with Crippen LogP contribution in [0.5, 0.6) is 0 Å². The maximum Gasteiger partial charge on any atom is 0.310 e. The average Bonchev–Trinajstić information content (AvgIpc) is 3.16. The fourth-order valence-electron chi connectivity index (χ4n) is 3.36. The highest BCUT2D eigenvalue weighted by Gasteiger charge is 2.29. The van der Waals surface area contributed by atoms with Crippen LogP contribution in [0.15, 0.2) is 35.5 Å². The van der Waals surface area contributed by atoms with Crippen LogP contribution in [0.25, 0.3) is 11.4 Å². The first-order valence-corrected chi connectivity index (χ1v) is 10.7. The van der Waals surface area contributed by atoms with Gasteiger partial charge in [-0.2, -0.15) is 0 Å². The standard InChI is InChI=1S/C20H26N4O3S/c1-3-24-18(15-9-6-5-7-10-15)21-22-20(24)28-14-17(25)23-12-8-11-16(13-23)19(26)27-4-2/h5-7,9-10,16H,3-4,8,11-14H2,1-2H3/t16-/m1/s1. The van der Waals surface area contributed by atoms with Gasteiger partial charge in [0, 0.05) is 25.2 Å². The summed E-state index contributed by atoms with van der Waals surface area (Å²) in [5.74, 6) is 0.685. The van der Waals surface area contributed by atoms with Crippen LogP contribution in [-0.4, -0.2) is 57.0 Å². The number of thioether (sulfide) groups is 1. The van der Waals surface area contributed by atoms with Crippen LogP contribution < -0.4 is 0 Å². The molecular formula is C20H26N4O3S. The van der Waals surface area contributed by atoms with E-state index in [2.05, 4.69) is 10.2 Å². The van der Waals surface area contributed by atoms with Gasteiger partial charge in [0.15, 0.2) is 11.0 Å². The zero-order chi connectivity index (χ0) is 19.9. The van der Waals surface area contributed by atoms with Gasteiger partial charge in [0.25, 0.3) is 0 Å². The SMILES string of the molecule is CCOC(=O)[C@@H]1CCCN(C(=O)CSc2nnc(-c3ccccc3)n2CC)C1. The fourth-order valence-corrected chi connectivity index (χ4v) is 4.26. The Morgan fingerprint density at radius 2 is 2.00 bits per heavy atom. The zero-order valence-electron chi connectivity index (χ0n) is 16.3. The lowest BCUT2D eigenvalue weighted by Gasteiger charge is -2.31. The molecule has 1 fully saturated rings. The largest absolute Gasteiger partial charge is 0.466 e. The molecule has 0 N–H and O–H groups in total. The monoisotopic (exact) mass is 402 g/mol. The molecule has 0 bridgehead atoms. The number of aromatic nitrogens is 3. The lowest BCUT2D eigenvalue weighted by molar-refractivity contribution is -0.151. The fraction of sp³-hybridized carbons (Fsp3) is 0.500. The van der Waals surface area contributed by atoms with E-state index in [1.807, 2.05) is 41.8 Å². The van der Waals surface area contributed by atoms with Crippen molar-refractivity contribution in [3.05, 3.63) is 30.3 Å². The number of hydrogen-bond acceptors (Lipinski definition) is 6. The molecule has 2 heterocycles. The smallest absolute Gasteiger partial charge is 0.310 e. The maximum absolute atomic E-state index is 12.7. The van der Waals surface area contributed by atoms with Gasteiger partial charge in [0.05, 0.1) is 18.3 Å². The number of benzene rings is 1. The second kappa shape index (κ2) is 9.73. The summed E-state index contributed by atoms with van der Waals surface area (Å²) in [6, 6.07) is 9.90. The highest BCUT2D eigenvalue weighted by molar-refractivity contribution is 7.99. The number of carbonyl (C=O) groups is 2. The molecule has 1 aromatic carbocycles. The summed E-state index contributed by atoms with van der Waals surface area (Å²) < 4.78 is 7.13. The minimum absolute atomic E-state index is 0.0194. The second-order valence-corrected chi connectivity index (χ2v) is 7.58. The highest BCUT2D eigenvalue weighted by Crippen LogP contribution is 2.25. The molecule has 1 saturated heterocycles. The van der Waals surface area contributed by atoms with E-state index in [0.717, 1.165) is 35.9 Å². The van der Waals surface area contributed by atoms with Crippen LogP contribution in [0.2, 0.25) is 0 Å². The number of nitrogens with zero attached hydrogens (tertiary/aromatic N) is 4. The molecule has 28 heavy (non-hydrogen) atoms. The minimum atomic E-state index is -0.216. The molecule has 0 aliphatic carbocycles. The number of hydrogen-bond donors (Lipinski definition) is 0. The van der Waals surface area contributed by atoms with Gasteiger partial charge in [-0.3, -0.25) is 9.59 Å². The Morgan fingerprint density at radius 3 is 2.71 bits per heavy atom. The Kier molecular flexibility index (Phi) is 7.08. The topological polar surface area (TPSA) is 77.3 Å². The van der Waals surface area contributed by atoms with Gasteiger partial charge in [0.2, 0.25) is 5.91 Å². The summed E-state index contributed by atoms with van der Waals surface area (Å²) in [4.78, 5) is 26.4. The molecule has 1 aliphatic heterocycles. The van der Waals surface area contributed by atoms with Gasteiger partial charge in [-0.25, -0.2) is 0 Å². The second-order valence-electron chi connectivity index (χ2n) is 6.64. The Bertz CT molecular complexity index is 809. The predicted molar refractivity (Wildman–Crippen MR) is 108 cm³/mol. The zero-order valence-corrected chi connectivity index (χ0v) is 17.2. The van der Waals surface area contributed by atoms with E-state index < -0.39 is 0 Å². The first-order chi connectivity index (χ1) is 13.6. The molecule has 0 saturated carbocycles. The number of piperidine rings is 1. The predicted octanol–water partition coefficient (Wildman–Crippen LogP) is 2.86. The van der Waals surface area contributed by atoms with E-state index in [0.29, 0.717) is 19.7 Å². The molecule has 1 amide bonds. The summed E-state index contributed by atoms with van der Waals surface area (Å²) in [6.07, 6.45) is 1.60. The Hall–Kier alpha value is -2.35. The first kappa shape index (κ1) is 20.4. The lowest BCUT2D eigenvalue weighted by atomic mass is 9.98. The van der Waals surface area contributed by atoms with Crippen molar-refractivity contribution < 1.29 is 14.3 Å². The van der Waals surface area contributed by atoms with Gasteiger partial charge in [0.1, 0.15) is 0 Å². The number of esters is 1. The molecule has 150 valence electrons. The molecule has 1 atom stereocenters. The molecule has 2 aromatic rings. The summed E-state index contributed by atoms with van der Waals surface area (Å²) in [5.41, 5.74) is 1.00. The Morgan fingerprint density at radius 1 is 1.21 bits per heavy atom. The van der Waals surface area contributed by atoms with E-state index in [1.165, 1.54) is 11.8 Å². The molecule has 3 rings (SSSR count). The van der Waals surface area contributed by atoms with Crippen LogP contribution in [0, 0.1) is 5.92 Å². The molecule has 1 aliphatic rings. The van der Waals surface area contributed by atoms with Crippen molar-refractivity contribution in [1.29, 1.82) is 0 Å². The quantitative estimate of drug-likeness (QED) is 0.524. The Labute approximate surface area is 169 Å². The highest BCUT2D eigenvalue weighted by atomic mass is 32.2. The summed E-state index contributed by atoms with van der Waals surface area (Å²) in [7, 11) is 0. The van der Waals surface area contributed by atoms with Gasteiger partial charge in [-0.05, 0) is 26.7 Å². The van der Waals surface area contributed by atoms with Gasteiger partial charge >= 0.3 is 5.97 Å². The Balaban J connectivity index is 1.62. The third-order valence-corrected chi connectivity index (χ3v) is 5.74. The van der Waals surface area contributed by atoms with Crippen molar-refractivity contribution in [3.63, 3.8) is 0 Å². The van der Waals surface area contributed by atoms with Crippen LogP contribution in [-0.2, 0) is 20.9 Å². The molecular weight excluding hydrogens is 376 g/mol. The van der Waals surface area contributed by atoms with E-state index in [1.54, 1.807) is 11.8 Å². The van der Waals surface area contributed by atoms with Crippen molar-refractivity contribution in [3.8, 4) is 11.4 Å². The molecule has 8 heteroatoms. The lowest BCUT2D eigenvalue weighted by Crippen LogP contribution is -2.43.